The summed E-state index contributed by atoms with van der Waals surface area (Å²) >= 11 is 0. The molecule has 0 saturated heterocycles. The lowest BCUT2D eigenvalue weighted by molar-refractivity contribution is 0.663. The Morgan fingerprint density at radius 2 is 2.10 bits per heavy atom. The van der Waals surface area contributed by atoms with Gasteiger partial charge in [0.15, 0.2) is 0 Å². The summed E-state index contributed by atoms with van der Waals surface area (Å²) < 4.78 is 1.96. The zero-order valence-corrected chi connectivity index (χ0v) is 11.6. The minimum atomic E-state index is 0.793. The highest BCUT2D eigenvalue weighted by Crippen LogP contribution is 2.17. The highest BCUT2D eigenvalue weighted by atomic mass is 15.3. The van der Waals surface area contributed by atoms with Crippen molar-refractivity contribution in [3.8, 4) is 5.69 Å². The Hall–Kier alpha value is -2.20. The van der Waals surface area contributed by atoms with Crippen LogP contribution in [0, 0.1) is 0 Å². The Morgan fingerprint density at radius 1 is 1.20 bits per heavy atom. The van der Waals surface area contributed by atoms with Crippen molar-refractivity contribution in [2.24, 2.45) is 0 Å². The number of hydrogen-bond acceptors (Lipinski definition) is 3. The summed E-state index contributed by atoms with van der Waals surface area (Å²) in [4.78, 5) is 4.40. The largest absolute Gasteiger partial charge is 0.311 e. The van der Waals surface area contributed by atoms with Crippen LogP contribution in [-0.4, -0.2) is 21.3 Å². The van der Waals surface area contributed by atoms with E-state index in [-0.39, 0.29) is 0 Å². The molecular formula is C16H18N4. The van der Waals surface area contributed by atoms with Gasteiger partial charge in [0.25, 0.3) is 0 Å². The fraction of sp³-hybridized carbons (Fsp3) is 0.250. The lowest BCUT2D eigenvalue weighted by Gasteiger charge is -2.07. The van der Waals surface area contributed by atoms with E-state index < -0.39 is 0 Å². The van der Waals surface area contributed by atoms with Gasteiger partial charge in [0.05, 0.1) is 23.1 Å². The molecule has 2 aromatic heterocycles. The van der Waals surface area contributed by atoms with Gasteiger partial charge >= 0.3 is 0 Å². The van der Waals surface area contributed by atoms with Crippen LogP contribution < -0.4 is 5.32 Å². The normalized spacial score (nSPS) is 11.1. The number of hydrogen-bond donors (Lipinski definition) is 1. The van der Waals surface area contributed by atoms with Gasteiger partial charge in [0, 0.05) is 18.1 Å². The number of para-hydroxylation sites is 1. The van der Waals surface area contributed by atoms with Crippen molar-refractivity contribution < 1.29 is 0 Å². The van der Waals surface area contributed by atoms with E-state index in [4.69, 9.17) is 0 Å². The van der Waals surface area contributed by atoms with Gasteiger partial charge < -0.3 is 5.32 Å². The molecule has 0 unspecified atom stereocenters. The third kappa shape index (κ3) is 2.56. The van der Waals surface area contributed by atoms with Crippen molar-refractivity contribution in [2.45, 2.75) is 19.9 Å². The van der Waals surface area contributed by atoms with E-state index in [1.807, 2.05) is 35.3 Å². The predicted octanol–water partition coefficient (Wildman–Crippen LogP) is 2.92. The van der Waals surface area contributed by atoms with Crippen molar-refractivity contribution >= 4 is 10.9 Å². The fourth-order valence-corrected chi connectivity index (χ4v) is 2.26. The van der Waals surface area contributed by atoms with Gasteiger partial charge in [-0.15, -0.1) is 0 Å². The first-order valence-electron chi connectivity index (χ1n) is 6.97. The molecule has 0 aliphatic carbocycles. The second-order valence-electron chi connectivity index (χ2n) is 4.80. The maximum absolute atomic E-state index is 4.47. The van der Waals surface area contributed by atoms with E-state index in [9.17, 15) is 0 Å². The molecule has 4 heteroatoms. The van der Waals surface area contributed by atoms with Gasteiger partial charge in [-0.05, 0) is 31.2 Å². The van der Waals surface area contributed by atoms with Gasteiger partial charge in [0.2, 0.25) is 0 Å². The summed E-state index contributed by atoms with van der Waals surface area (Å²) in [7, 11) is 0. The first-order chi connectivity index (χ1) is 9.88. The molecule has 2 heterocycles. The molecule has 1 N–H and O–H groups in total. The number of pyridine rings is 1. The van der Waals surface area contributed by atoms with Crippen molar-refractivity contribution in [3.63, 3.8) is 0 Å². The molecule has 0 saturated carbocycles. The number of nitrogens with one attached hydrogen (secondary N) is 1. The van der Waals surface area contributed by atoms with Crippen LogP contribution >= 0.6 is 0 Å². The molecule has 102 valence electrons. The minimum Gasteiger partial charge on any atom is -0.311 e. The number of fused-ring (bicyclic) bond motifs is 1. The van der Waals surface area contributed by atoms with Crippen molar-refractivity contribution in [3.05, 3.63) is 54.5 Å². The fourth-order valence-electron chi connectivity index (χ4n) is 2.26. The lowest BCUT2D eigenvalue weighted by Crippen LogP contribution is -2.15. The standard InChI is InChI=1S/C16H18N4/c1-2-8-17-12-14-10-15(7-9-18-14)20-16-6-4-3-5-13(16)11-19-20/h3-7,9-11,17H,2,8,12H2,1H3. The highest BCUT2D eigenvalue weighted by molar-refractivity contribution is 5.80. The van der Waals surface area contributed by atoms with Crippen LogP contribution in [0.25, 0.3) is 16.6 Å². The zero-order chi connectivity index (χ0) is 13.8. The molecule has 0 radical (unpaired) electrons. The Bertz CT molecular complexity index is 702. The molecule has 20 heavy (non-hydrogen) atoms. The van der Waals surface area contributed by atoms with E-state index in [0.717, 1.165) is 41.8 Å². The monoisotopic (exact) mass is 266 g/mol. The summed E-state index contributed by atoms with van der Waals surface area (Å²) in [6.07, 6.45) is 4.86. The van der Waals surface area contributed by atoms with E-state index in [0.29, 0.717) is 0 Å². The van der Waals surface area contributed by atoms with Crippen LogP contribution in [0.2, 0.25) is 0 Å². The molecule has 0 aliphatic rings. The molecular weight excluding hydrogens is 248 g/mol. The highest BCUT2D eigenvalue weighted by Gasteiger charge is 2.05. The third-order valence-corrected chi connectivity index (χ3v) is 3.25. The summed E-state index contributed by atoms with van der Waals surface area (Å²) in [6.45, 7) is 3.96. The van der Waals surface area contributed by atoms with Crippen LogP contribution in [0.15, 0.2) is 48.8 Å². The minimum absolute atomic E-state index is 0.793. The average Bonchev–Trinajstić information content (AvgIpc) is 2.92. The molecule has 0 fully saturated rings. The summed E-state index contributed by atoms with van der Waals surface area (Å²) in [6, 6.07) is 12.3. The van der Waals surface area contributed by atoms with Gasteiger partial charge in [-0.25, -0.2) is 4.68 Å². The maximum Gasteiger partial charge on any atom is 0.0741 e. The maximum atomic E-state index is 4.47. The SMILES string of the molecule is CCCNCc1cc(-n2ncc3ccccc32)ccn1. The predicted molar refractivity (Wildman–Crippen MR) is 80.9 cm³/mol. The zero-order valence-electron chi connectivity index (χ0n) is 11.6. The van der Waals surface area contributed by atoms with Crippen LogP contribution in [0.1, 0.15) is 19.0 Å². The molecule has 0 bridgehead atoms. The van der Waals surface area contributed by atoms with Gasteiger partial charge in [-0.3, -0.25) is 4.98 Å². The number of benzene rings is 1. The Morgan fingerprint density at radius 3 is 3.00 bits per heavy atom. The molecule has 4 nitrogen and oxygen atoms in total. The second-order valence-corrected chi connectivity index (χ2v) is 4.80. The van der Waals surface area contributed by atoms with Crippen molar-refractivity contribution in [2.75, 3.05) is 6.54 Å². The molecule has 3 rings (SSSR count). The van der Waals surface area contributed by atoms with E-state index in [1.54, 1.807) is 0 Å². The number of nitrogens with zero attached hydrogens (tertiary/aromatic N) is 3. The Kier molecular flexibility index (Phi) is 3.74. The van der Waals surface area contributed by atoms with Crippen LogP contribution in [0.5, 0.6) is 0 Å². The quantitative estimate of drug-likeness (QED) is 0.722. The first kappa shape index (κ1) is 12.8. The van der Waals surface area contributed by atoms with Gasteiger partial charge in [-0.2, -0.15) is 5.10 Å². The summed E-state index contributed by atoms with van der Waals surface area (Å²) in [5.41, 5.74) is 3.20. The number of rotatable bonds is 5. The van der Waals surface area contributed by atoms with Crippen LogP contribution in [0.3, 0.4) is 0 Å². The molecule has 3 aromatic rings. The Labute approximate surface area is 118 Å². The van der Waals surface area contributed by atoms with Crippen molar-refractivity contribution in [1.82, 2.24) is 20.1 Å². The van der Waals surface area contributed by atoms with Gasteiger partial charge in [-0.1, -0.05) is 25.1 Å². The molecule has 0 spiro atoms. The molecule has 1 aromatic carbocycles. The summed E-state index contributed by atoms with van der Waals surface area (Å²) in [5, 5.41) is 8.99. The number of aromatic nitrogens is 3. The molecule has 0 atom stereocenters. The van der Waals surface area contributed by atoms with E-state index >= 15 is 0 Å². The van der Waals surface area contributed by atoms with Crippen LogP contribution in [-0.2, 0) is 6.54 Å². The average molecular weight is 266 g/mol. The van der Waals surface area contributed by atoms with Gasteiger partial charge in [0.1, 0.15) is 0 Å². The van der Waals surface area contributed by atoms with Crippen molar-refractivity contribution in [1.29, 1.82) is 0 Å². The molecule has 0 amide bonds. The van der Waals surface area contributed by atoms with E-state index in [1.165, 1.54) is 0 Å². The molecule has 0 aliphatic heterocycles. The topological polar surface area (TPSA) is 42.7 Å². The van der Waals surface area contributed by atoms with Crippen LogP contribution in [0.4, 0.5) is 0 Å². The lowest BCUT2D eigenvalue weighted by atomic mass is 10.2. The second kappa shape index (κ2) is 5.84. The van der Waals surface area contributed by atoms with E-state index in [2.05, 4.69) is 40.5 Å². The first-order valence-corrected chi connectivity index (χ1v) is 6.97. The smallest absolute Gasteiger partial charge is 0.0741 e. The summed E-state index contributed by atoms with van der Waals surface area (Å²) in [5.74, 6) is 0. The Balaban J connectivity index is 1.92. The third-order valence-electron chi connectivity index (χ3n) is 3.25.